The van der Waals surface area contributed by atoms with Crippen molar-refractivity contribution < 1.29 is 38.1 Å². The van der Waals surface area contributed by atoms with E-state index in [9.17, 15) is 14.4 Å². The summed E-state index contributed by atoms with van der Waals surface area (Å²) >= 11 is 0. The minimum Gasteiger partial charge on any atom is -0.459 e. The molecule has 0 radical (unpaired) electrons. The quantitative estimate of drug-likeness (QED) is 0.238. The molecule has 1 unspecified atom stereocenters. The van der Waals surface area contributed by atoms with Gasteiger partial charge in [-0.1, -0.05) is 0 Å². The first-order valence-corrected chi connectivity index (χ1v) is 10.4. The highest BCUT2D eigenvalue weighted by atomic mass is 16.6. The molecule has 30 heavy (non-hydrogen) atoms. The number of ether oxygens (including phenoxy) is 5. The van der Waals surface area contributed by atoms with Crippen LogP contribution in [0.2, 0.25) is 0 Å². The van der Waals surface area contributed by atoms with Crippen LogP contribution in [0.4, 0.5) is 0 Å². The Bertz CT molecular complexity index is 490. The molecule has 176 valence electrons. The van der Waals surface area contributed by atoms with Crippen molar-refractivity contribution in [3.8, 4) is 0 Å². The van der Waals surface area contributed by atoms with Gasteiger partial charge in [-0.05, 0) is 34.6 Å². The summed E-state index contributed by atoms with van der Waals surface area (Å²) in [5.74, 6) is -0.413. The van der Waals surface area contributed by atoms with Crippen LogP contribution in [-0.4, -0.2) is 88.6 Å². The maximum absolute atomic E-state index is 12.2. The fraction of sp³-hybridized carbons (Fsp3) is 0.857. The first-order chi connectivity index (χ1) is 14.1. The summed E-state index contributed by atoms with van der Waals surface area (Å²) in [6.45, 7) is 12.2. The monoisotopic (exact) mass is 433 g/mol. The van der Waals surface area contributed by atoms with E-state index in [0.717, 1.165) is 0 Å². The summed E-state index contributed by atoms with van der Waals surface area (Å²) in [6.07, 6.45) is 0.511. The Kier molecular flexibility index (Phi) is 16.5. The Hall–Kier alpha value is -1.39. The van der Waals surface area contributed by atoms with Crippen molar-refractivity contribution in [2.24, 2.45) is 0 Å². The van der Waals surface area contributed by atoms with Crippen LogP contribution in [0.1, 0.15) is 47.5 Å². The number of carbonyl (C=O) groups excluding carboxylic acids is 3. The van der Waals surface area contributed by atoms with Gasteiger partial charge in [0.2, 0.25) is 0 Å². The van der Waals surface area contributed by atoms with Crippen molar-refractivity contribution in [3.05, 3.63) is 0 Å². The SMILES string of the molecule is CC(=O)CCOCCOCCOCCOCCNC(CC(C)=O)C(=O)OC(C)(C)C. The van der Waals surface area contributed by atoms with Crippen molar-refractivity contribution in [1.82, 2.24) is 5.32 Å². The van der Waals surface area contributed by atoms with Crippen LogP contribution in [0, 0.1) is 0 Å². The van der Waals surface area contributed by atoms with Crippen LogP contribution in [0.15, 0.2) is 0 Å². The smallest absolute Gasteiger partial charge is 0.324 e. The van der Waals surface area contributed by atoms with E-state index >= 15 is 0 Å². The Morgan fingerprint density at radius 2 is 1.20 bits per heavy atom. The molecule has 0 rings (SSSR count). The van der Waals surface area contributed by atoms with Crippen molar-refractivity contribution in [2.45, 2.75) is 59.1 Å². The van der Waals surface area contributed by atoms with Gasteiger partial charge in [0, 0.05) is 19.4 Å². The highest BCUT2D eigenvalue weighted by molar-refractivity contribution is 5.85. The Balaban J connectivity index is 3.62. The average molecular weight is 434 g/mol. The van der Waals surface area contributed by atoms with E-state index < -0.39 is 17.6 Å². The maximum Gasteiger partial charge on any atom is 0.324 e. The molecule has 0 spiro atoms. The molecule has 0 aromatic heterocycles. The number of rotatable bonds is 19. The molecule has 0 aliphatic rings. The van der Waals surface area contributed by atoms with E-state index in [0.29, 0.717) is 65.8 Å². The second-order valence-electron chi connectivity index (χ2n) is 7.85. The first kappa shape index (κ1) is 28.6. The predicted molar refractivity (Wildman–Crippen MR) is 112 cm³/mol. The fourth-order valence-electron chi connectivity index (χ4n) is 2.18. The van der Waals surface area contributed by atoms with Crippen molar-refractivity contribution >= 4 is 17.5 Å². The van der Waals surface area contributed by atoms with E-state index in [-0.39, 0.29) is 18.0 Å². The van der Waals surface area contributed by atoms with Crippen molar-refractivity contribution in [3.63, 3.8) is 0 Å². The molecule has 0 saturated carbocycles. The third kappa shape index (κ3) is 19.9. The van der Waals surface area contributed by atoms with Gasteiger partial charge in [-0.3, -0.25) is 14.4 Å². The van der Waals surface area contributed by atoms with Gasteiger partial charge in [0.15, 0.2) is 0 Å². The average Bonchev–Trinajstić information content (AvgIpc) is 2.61. The Morgan fingerprint density at radius 1 is 0.733 bits per heavy atom. The molecule has 0 fully saturated rings. The first-order valence-electron chi connectivity index (χ1n) is 10.4. The molecule has 0 saturated heterocycles. The molecule has 1 N–H and O–H groups in total. The topological polar surface area (TPSA) is 109 Å². The zero-order valence-electron chi connectivity index (χ0n) is 19.1. The molecule has 0 heterocycles. The van der Waals surface area contributed by atoms with Gasteiger partial charge in [0.25, 0.3) is 0 Å². The number of nitrogens with one attached hydrogen (secondary N) is 1. The Labute approximate surface area is 180 Å². The lowest BCUT2D eigenvalue weighted by atomic mass is 10.1. The van der Waals surface area contributed by atoms with E-state index in [2.05, 4.69) is 5.32 Å². The summed E-state index contributed by atoms with van der Waals surface area (Å²) in [5.41, 5.74) is -0.603. The highest BCUT2D eigenvalue weighted by Gasteiger charge is 2.25. The number of esters is 1. The van der Waals surface area contributed by atoms with Crippen LogP contribution in [0.25, 0.3) is 0 Å². The van der Waals surface area contributed by atoms with Crippen molar-refractivity contribution in [2.75, 3.05) is 59.4 Å². The molecule has 1 atom stereocenters. The van der Waals surface area contributed by atoms with Gasteiger partial charge >= 0.3 is 5.97 Å². The van der Waals surface area contributed by atoms with Gasteiger partial charge in [0.1, 0.15) is 23.2 Å². The molecule has 0 bridgehead atoms. The molecular weight excluding hydrogens is 394 g/mol. The standard InChI is InChI=1S/C21H39NO8/c1-17(23)6-8-26-10-12-28-14-15-29-13-11-27-9-7-22-19(16-18(2)24)20(25)30-21(3,4)5/h19,22H,6-16H2,1-5H3. The molecule has 0 aromatic rings. The number of hydrogen-bond acceptors (Lipinski definition) is 9. The number of hydrogen-bond donors (Lipinski definition) is 1. The third-order valence-corrected chi connectivity index (χ3v) is 3.53. The van der Waals surface area contributed by atoms with Crippen LogP contribution in [0.3, 0.4) is 0 Å². The van der Waals surface area contributed by atoms with Gasteiger partial charge in [-0.2, -0.15) is 0 Å². The van der Waals surface area contributed by atoms with Gasteiger partial charge < -0.3 is 29.0 Å². The third-order valence-electron chi connectivity index (χ3n) is 3.53. The van der Waals surface area contributed by atoms with Gasteiger partial charge in [-0.25, -0.2) is 0 Å². The summed E-state index contributed by atoms with van der Waals surface area (Å²) < 4.78 is 26.8. The van der Waals surface area contributed by atoms with Crippen LogP contribution >= 0.6 is 0 Å². The van der Waals surface area contributed by atoms with Gasteiger partial charge in [0.05, 0.1) is 52.9 Å². The molecule has 0 aliphatic carbocycles. The van der Waals surface area contributed by atoms with E-state index in [4.69, 9.17) is 23.7 Å². The summed E-state index contributed by atoms with van der Waals surface area (Å²) in [6, 6.07) is -0.676. The number of ketones is 2. The molecular formula is C21H39NO8. The highest BCUT2D eigenvalue weighted by Crippen LogP contribution is 2.10. The normalized spacial score (nSPS) is 12.6. The van der Waals surface area contributed by atoms with Gasteiger partial charge in [-0.15, -0.1) is 0 Å². The molecule has 0 amide bonds. The second kappa shape index (κ2) is 17.3. The molecule has 9 nitrogen and oxygen atoms in total. The van der Waals surface area contributed by atoms with Crippen LogP contribution in [0.5, 0.6) is 0 Å². The molecule has 0 aliphatic heterocycles. The van der Waals surface area contributed by atoms with E-state index in [1.807, 2.05) is 0 Å². The summed E-state index contributed by atoms with van der Waals surface area (Å²) in [5, 5.41) is 3.01. The summed E-state index contributed by atoms with van der Waals surface area (Å²) in [7, 11) is 0. The zero-order chi connectivity index (χ0) is 22.8. The van der Waals surface area contributed by atoms with Crippen LogP contribution < -0.4 is 5.32 Å². The molecule has 0 aromatic carbocycles. The fourth-order valence-corrected chi connectivity index (χ4v) is 2.18. The van der Waals surface area contributed by atoms with Crippen LogP contribution in [-0.2, 0) is 38.1 Å². The molecule has 9 heteroatoms. The van der Waals surface area contributed by atoms with E-state index in [1.54, 1.807) is 20.8 Å². The predicted octanol–water partition coefficient (Wildman–Crippen LogP) is 1.31. The number of Topliss-reactive ketones (excluding diaryl/α,β-unsaturated/α-hetero) is 2. The minimum absolute atomic E-state index is 0.0831. The lowest BCUT2D eigenvalue weighted by molar-refractivity contribution is -0.158. The zero-order valence-corrected chi connectivity index (χ0v) is 19.1. The van der Waals surface area contributed by atoms with Crippen molar-refractivity contribution in [1.29, 1.82) is 0 Å². The van der Waals surface area contributed by atoms with E-state index in [1.165, 1.54) is 13.8 Å². The lowest BCUT2D eigenvalue weighted by Gasteiger charge is -2.24. The second-order valence-corrected chi connectivity index (χ2v) is 7.85. The Morgan fingerprint density at radius 3 is 1.63 bits per heavy atom. The lowest BCUT2D eigenvalue weighted by Crippen LogP contribution is -2.43. The maximum atomic E-state index is 12.2. The summed E-state index contributed by atoms with van der Waals surface area (Å²) in [4.78, 5) is 34.3. The number of carbonyl (C=O) groups is 3. The minimum atomic E-state index is -0.676. The largest absolute Gasteiger partial charge is 0.459 e.